The fraction of sp³-hybridized carbons (Fsp3) is 0.522. The van der Waals surface area contributed by atoms with Gasteiger partial charge in [0.1, 0.15) is 11.3 Å². The van der Waals surface area contributed by atoms with Gasteiger partial charge in [-0.05, 0) is 64.0 Å². The Balaban J connectivity index is 1.93. The molecule has 0 spiro atoms. The van der Waals surface area contributed by atoms with Crippen LogP contribution in [0.3, 0.4) is 0 Å². The maximum absolute atomic E-state index is 4.92. The first kappa shape index (κ1) is 18.9. The average molecular weight is 378 g/mol. The lowest BCUT2D eigenvalue weighted by molar-refractivity contribution is 0.697. The number of nitrogens with zero attached hydrogens (tertiary/aromatic N) is 5. The number of rotatable bonds is 6. The summed E-state index contributed by atoms with van der Waals surface area (Å²) in [6.07, 6.45) is 3.78. The summed E-state index contributed by atoms with van der Waals surface area (Å²) in [4.78, 5) is 12.1. The third-order valence-corrected chi connectivity index (χ3v) is 5.66. The molecule has 1 saturated carbocycles. The number of hydrogen-bond acceptors (Lipinski definition) is 4. The third kappa shape index (κ3) is 3.38. The molecule has 5 heteroatoms. The second-order valence-corrected chi connectivity index (χ2v) is 8.43. The average Bonchev–Trinajstić information content (AvgIpc) is 3.37. The van der Waals surface area contributed by atoms with Crippen molar-refractivity contribution >= 4 is 16.9 Å². The van der Waals surface area contributed by atoms with E-state index >= 15 is 0 Å². The number of benzene rings is 1. The van der Waals surface area contributed by atoms with Crippen molar-refractivity contribution in [2.75, 3.05) is 18.0 Å². The molecule has 1 aromatic carbocycles. The normalized spacial score (nSPS) is 14.1. The SMILES string of the molecule is CCCN(CC1CC1)c1nc(C)nc2c(-c3c(C)cc(C)cc3C)n(C)nc12. The molecule has 0 amide bonds. The van der Waals surface area contributed by atoms with Crippen molar-refractivity contribution < 1.29 is 0 Å². The Kier molecular flexibility index (Phi) is 4.86. The fourth-order valence-electron chi connectivity index (χ4n) is 4.38. The number of anilines is 1. The second-order valence-electron chi connectivity index (χ2n) is 8.43. The standard InChI is InChI=1S/C23H31N5/c1-7-10-28(13-18-8-9-18)23-21-20(24-17(5)25-23)22(27(6)26-21)19-15(3)11-14(2)12-16(19)4/h11-12,18H,7-10,13H2,1-6H3. The smallest absolute Gasteiger partial charge is 0.160 e. The Hall–Kier alpha value is -2.43. The Morgan fingerprint density at radius 2 is 1.71 bits per heavy atom. The molecule has 148 valence electrons. The quantitative estimate of drug-likeness (QED) is 0.613. The van der Waals surface area contributed by atoms with E-state index in [4.69, 9.17) is 15.1 Å². The van der Waals surface area contributed by atoms with Gasteiger partial charge < -0.3 is 4.90 Å². The Labute approximate surface area is 167 Å². The molecule has 1 aliphatic carbocycles. The summed E-state index contributed by atoms with van der Waals surface area (Å²) in [7, 11) is 2.03. The summed E-state index contributed by atoms with van der Waals surface area (Å²) in [6, 6.07) is 4.49. The Bertz CT molecular complexity index is 1010. The maximum atomic E-state index is 4.92. The van der Waals surface area contributed by atoms with E-state index in [-0.39, 0.29) is 0 Å². The highest BCUT2D eigenvalue weighted by Gasteiger charge is 2.28. The third-order valence-electron chi connectivity index (χ3n) is 5.66. The molecule has 0 atom stereocenters. The number of hydrogen-bond donors (Lipinski definition) is 0. The van der Waals surface area contributed by atoms with Gasteiger partial charge in [0.15, 0.2) is 11.3 Å². The summed E-state index contributed by atoms with van der Waals surface area (Å²) in [5, 5.41) is 4.92. The van der Waals surface area contributed by atoms with Crippen molar-refractivity contribution in [2.45, 2.75) is 53.9 Å². The first-order valence-electron chi connectivity index (χ1n) is 10.4. The van der Waals surface area contributed by atoms with Crippen LogP contribution in [0.1, 0.15) is 48.7 Å². The lowest BCUT2D eigenvalue weighted by atomic mass is 9.96. The highest BCUT2D eigenvalue weighted by molar-refractivity contribution is 5.97. The molecule has 2 heterocycles. The van der Waals surface area contributed by atoms with Crippen LogP contribution in [0, 0.1) is 33.6 Å². The van der Waals surface area contributed by atoms with E-state index in [0.29, 0.717) is 0 Å². The van der Waals surface area contributed by atoms with Crippen molar-refractivity contribution in [1.82, 2.24) is 19.7 Å². The minimum absolute atomic E-state index is 0.807. The van der Waals surface area contributed by atoms with E-state index < -0.39 is 0 Å². The summed E-state index contributed by atoms with van der Waals surface area (Å²) < 4.78 is 1.99. The molecule has 28 heavy (non-hydrogen) atoms. The molecular formula is C23H31N5. The lowest BCUT2D eigenvalue weighted by Gasteiger charge is -2.23. The van der Waals surface area contributed by atoms with Crippen molar-refractivity contribution in [3.05, 3.63) is 34.6 Å². The molecule has 0 bridgehead atoms. The van der Waals surface area contributed by atoms with Crippen LogP contribution in [0.4, 0.5) is 5.82 Å². The van der Waals surface area contributed by atoms with Gasteiger partial charge in [-0.25, -0.2) is 9.97 Å². The van der Waals surface area contributed by atoms with Gasteiger partial charge in [0.25, 0.3) is 0 Å². The summed E-state index contributed by atoms with van der Waals surface area (Å²) in [5.74, 6) is 2.62. The van der Waals surface area contributed by atoms with E-state index in [1.807, 2.05) is 18.7 Å². The van der Waals surface area contributed by atoms with Gasteiger partial charge in [0.2, 0.25) is 0 Å². The molecule has 4 rings (SSSR count). The van der Waals surface area contributed by atoms with E-state index in [0.717, 1.165) is 53.8 Å². The first-order chi connectivity index (χ1) is 13.4. The summed E-state index contributed by atoms with van der Waals surface area (Å²) >= 11 is 0. The van der Waals surface area contributed by atoms with E-state index in [1.54, 1.807) is 0 Å². The number of aromatic nitrogens is 4. The van der Waals surface area contributed by atoms with Crippen LogP contribution in [0.15, 0.2) is 12.1 Å². The Morgan fingerprint density at radius 1 is 1.04 bits per heavy atom. The molecule has 0 saturated heterocycles. The molecule has 0 unspecified atom stereocenters. The predicted molar refractivity (Wildman–Crippen MR) is 116 cm³/mol. The largest absolute Gasteiger partial charge is 0.354 e. The molecule has 0 N–H and O–H groups in total. The van der Waals surface area contributed by atoms with Crippen molar-refractivity contribution in [2.24, 2.45) is 13.0 Å². The van der Waals surface area contributed by atoms with Crippen LogP contribution >= 0.6 is 0 Å². The lowest BCUT2D eigenvalue weighted by Crippen LogP contribution is -2.28. The minimum Gasteiger partial charge on any atom is -0.354 e. The molecule has 0 radical (unpaired) electrons. The highest BCUT2D eigenvalue weighted by Crippen LogP contribution is 2.37. The molecular weight excluding hydrogens is 346 g/mol. The zero-order valence-corrected chi connectivity index (χ0v) is 18.0. The monoisotopic (exact) mass is 377 g/mol. The van der Waals surface area contributed by atoms with E-state index in [1.165, 1.54) is 35.1 Å². The molecule has 1 aliphatic rings. The second kappa shape index (κ2) is 7.19. The van der Waals surface area contributed by atoms with Crippen molar-refractivity contribution in [3.8, 4) is 11.3 Å². The van der Waals surface area contributed by atoms with Gasteiger partial charge in [-0.3, -0.25) is 4.68 Å². The minimum atomic E-state index is 0.807. The van der Waals surface area contributed by atoms with Crippen LogP contribution < -0.4 is 4.90 Å². The van der Waals surface area contributed by atoms with Crippen molar-refractivity contribution in [3.63, 3.8) is 0 Å². The van der Waals surface area contributed by atoms with E-state index in [2.05, 4.69) is 44.7 Å². The van der Waals surface area contributed by atoms with Crippen molar-refractivity contribution in [1.29, 1.82) is 0 Å². The highest BCUT2D eigenvalue weighted by atomic mass is 15.3. The van der Waals surface area contributed by atoms with Crippen LogP contribution in [-0.4, -0.2) is 32.8 Å². The molecule has 2 aromatic heterocycles. The maximum Gasteiger partial charge on any atom is 0.160 e. The van der Waals surface area contributed by atoms with Gasteiger partial charge in [-0.15, -0.1) is 0 Å². The summed E-state index contributed by atoms with van der Waals surface area (Å²) in [6.45, 7) is 12.8. The van der Waals surface area contributed by atoms with Crippen LogP contribution in [-0.2, 0) is 7.05 Å². The number of aryl methyl sites for hydroxylation is 5. The predicted octanol–water partition coefficient (Wildman–Crippen LogP) is 4.89. The van der Waals surface area contributed by atoms with Gasteiger partial charge in [-0.1, -0.05) is 24.6 Å². The van der Waals surface area contributed by atoms with Crippen LogP contribution in [0.2, 0.25) is 0 Å². The Morgan fingerprint density at radius 3 is 2.32 bits per heavy atom. The zero-order chi connectivity index (χ0) is 20.0. The van der Waals surface area contributed by atoms with Crippen LogP contribution in [0.5, 0.6) is 0 Å². The zero-order valence-electron chi connectivity index (χ0n) is 18.0. The van der Waals surface area contributed by atoms with E-state index in [9.17, 15) is 0 Å². The van der Waals surface area contributed by atoms with Gasteiger partial charge in [0.05, 0.1) is 5.69 Å². The fourth-order valence-corrected chi connectivity index (χ4v) is 4.38. The molecule has 0 aliphatic heterocycles. The molecule has 5 nitrogen and oxygen atoms in total. The first-order valence-corrected chi connectivity index (χ1v) is 10.4. The topological polar surface area (TPSA) is 46.8 Å². The number of fused-ring (bicyclic) bond motifs is 1. The summed E-state index contributed by atoms with van der Waals surface area (Å²) in [5.41, 5.74) is 8.06. The van der Waals surface area contributed by atoms with Gasteiger partial charge >= 0.3 is 0 Å². The molecule has 1 fully saturated rings. The molecule has 3 aromatic rings. The van der Waals surface area contributed by atoms with Gasteiger partial charge in [-0.2, -0.15) is 5.10 Å². The van der Waals surface area contributed by atoms with Crippen LogP contribution in [0.25, 0.3) is 22.3 Å². The van der Waals surface area contributed by atoms with Gasteiger partial charge in [0, 0.05) is 25.7 Å².